The van der Waals surface area contributed by atoms with Crippen LogP contribution in [-0.2, 0) is 11.2 Å². The fourth-order valence-corrected chi connectivity index (χ4v) is 2.11. The number of carbonyl (C=O) groups excluding carboxylic acids is 1. The number of ether oxygens (including phenoxy) is 1. The van der Waals surface area contributed by atoms with Crippen LogP contribution in [0.5, 0.6) is 0 Å². The summed E-state index contributed by atoms with van der Waals surface area (Å²) in [7, 11) is 0. The van der Waals surface area contributed by atoms with Crippen LogP contribution in [0.4, 0.5) is 4.79 Å². The molecule has 0 unspecified atom stereocenters. The van der Waals surface area contributed by atoms with Crippen molar-refractivity contribution in [3.05, 3.63) is 28.5 Å². The van der Waals surface area contributed by atoms with Crippen LogP contribution in [-0.4, -0.2) is 28.2 Å². The zero-order valence-electron chi connectivity index (χ0n) is 11.8. The van der Waals surface area contributed by atoms with Crippen molar-refractivity contribution < 1.29 is 9.53 Å². The highest BCUT2D eigenvalue weighted by atomic mass is 79.9. The average Bonchev–Trinajstić information content (AvgIpc) is 2.68. The standard InChI is InChI=1S/C14H18BrN3O2/c1-14(2,3)20-13(19)16-7-6-12-17-10-5-4-9(15)8-11(10)18-12/h4-5,8H,6-7H2,1-3H3,(H,16,19)(H,17,18). The monoisotopic (exact) mass is 339 g/mol. The van der Waals surface area contributed by atoms with E-state index < -0.39 is 11.7 Å². The first-order chi connectivity index (χ1) is 9.33. The molecule has 20 heavy (non-hydrogen) atoms. The molecule has 0 radical (unpaired) electrons. The molecule has 0 atom stereocenters. The van der Waals surface area contributed by atoms with Gasteiger partial charge in [-0.2, -0.15) is 0 Å². The number of H-pyrrole nitrogens is 1. The smallest absolute Gasteiger partial charge is 0.407 e. The second-order valence-corrected chi connectivity index (χ2v) is 6.44. The Morgan fingerprint density at radius 2 is 2.20 bits per heavy atom. The van der Waals surface area contributed by atoms with Crippen molar-refractivity contribution in [2.75, 3.05) is 6.54 Å². The normalized spacial score (nSPS) is 11.6. The minimum absolute atomic E-state index is 0.406. The van der Waals surface area contributed by atoms with Gasteiger partial charge in [0.2, 0.25) is 0 Å². The number of amides is 1. The summed E-state index contributed by atoms with van der Waals surface area (Å²) in [5.41, 5.74) is 1.42. The molecule has 0 aliphatic carbocycles. The van der Waals surface area contributed by atoms with Gasteiger partial charge in [0.1, 0.15) is 11.4 Å². The molecule has 1 aromatic carbocycles. The largest absolute Gasteiger partial charge is 0.444 e. The number of aromatic nitrogens is 2. The molecule has 0 bridgehead atoms. The lowest BCUT2D eigenvalue weighted by Crippen LogP contribution is -2.33. The highest BCUT2D eigenvalue weighted by molar-refractivity contribution is 9.10. The van der Waals surface area contributed by atoms with E-state index in [0.29, 0.717) is 13.0 Å². The fourth-order valence-electron chi connectivity index (χ4n) is 1.75. The predicted molar refractivity (Wildman–Crippen MR) is 81.7 cm³/mol. The number of aromatic amines is 1. The van der Waals surface area contributed by atoms with Crippen LogP contribution in [0, 0.1) is 0 Å². The molecule has 0 fully saturated rings. The van der Waals surface area contributed by atoms with Gasteiger partial charge in [-0.05, 0) is 39.0 Å². The number of nitrogens with zero attached hydrogens (tertiary/aromatic N) is 1. The molecule has 2 rings (SSSR count). The van der Waals surface area contributed by atoms with Crippen molar-refractivity contribution in [2.45, 2.75) is 32.8 Å². The summed E-state index contributed by atoms with van der Waals surface area (Å²) in [4.78, 5) is 19.2. The molecule has 0 saturated heterocycles. The van der Waals surface area contributed by atoms with E-state index in [9.17, 15) is 4.79 Å². The molecule has 6 heteroatoms. The van der Waals surface area contributed by atoms with E-state index >= 15 is 0 Å². The molecule has 1 aromatic heterocycles. The van der Waals surface area contributed by atoms with Crippen molar-refractivity contribution in [3.63, 3.8) is 0 Å². The Morgan fingerprint density at radius 3 is 2.90 bits per heavy atom. The Balaban J connectivity index is 1.88. The van der Waals surface area contributed by atoms with Crippen molar-refractivity contribution in [3.8, 4) is 0 Å². The summed E-state index contributed by atoms with van der Waals surface area (Å²) in [5.74, 6) is 0.842. The van der Waals surface area contributed by atoms with E-state index in [4.69, 9.17) is 4.74 Å². The van der Waals surface area contributed by atoms with Crippen LogP contribution in [0.3, 0.4) is 0 Å². The zero-order valence-corrected chi connectivity index (χ0v) is 13.4. The van der Waals surface area contributed by atoms with E-state index in [0.717, 1.165) is 21.3 Å². The third-order valence-corrected chi connectivity index (χ3v) is 3.02. The van der Waals surface area contributed by atoms with Gasteiger partial charge in [-0.3, -0.25) is 0 Å². The first kappa shape index (κ1) is 14.8. The summed E-state index contributed by atoms with van der Waals surface area (Å²) in [6.45, 7) is 5.99. The van der Waals surface area contributed by atoms with E-state index in [1.807, 2.05) is 39.0 Å². The van der Waals surface area contributed by atoms with E-state index in [-0.39, 0.29) is 0 Å². The maximum Gasteiger partial charge on any atom is 0.407 e. The van der Waals surface area contributed by atoms with Gasteiger partial charge >= 0.3 is 6.09 Å². The van der Waals surface area contributed by atoms with Gasteiger partial charge in [-0.1, -0.05) is 15.9 Å². The molecular weight excluding hydrogens is 322 g/mol. The van der Waals surface area contributed by atoms with Gasteiger partial charge in [0.25, 0.3) is 0 Å². The number of benzene rings is 1. The van der Waals surface area contributed by atoms with E-state index in [1.54, 1.807) is 0 Å². The molecule has 1 heterocycles. The van der Waals surface area contributed by atoms with Gasteiger partial charge in [0.15, 0.2) is 0 Å². The molecule has 0 saturated carbocycles. The summed E-state index contributed by atoms with van der Waals surface area (Å²) in [5, 5.41) is 2.71. The number of halogens is 1. The minimum Gasteiger partial charge on any atom is -0.444 e. The lowest BCUT2D eigenvalue weighted by Gasteiger charge is -2.19. The lowest BCUT2D eigenvalue weighted by atomic mass is 10.2. The highest BCUT2D eigenvalue weighted by Crippen LogP contribution is 2.17. The molecule has 1 amide bonds. The predicted octanol–water partition coefficient (Wildman–Crippen LogP) is 3.39. The van der Waals surface area contributed by atoms with Crippen molar-refractivity contribution >= 4 is 33.1 Å². The van der Waals surface area contributed by atoms with Gasteiger partial charge in [-0.15, -0.1) is 0 Å². The molecule has 0 spiro atoms. The zero-order chi connectivity index (χ0) is 14.8. The lowest BCUT2D eigenvalue weighted by molar-refractivity contribution is 0.0528. The van der Waals surface area contributed by atoms with Crippen molar-refractivity contribution in [1.29, 1.82) is 0 Å². The number of fused-ring (bicyclic) bond motifs is 1. The molecule has 108 valence electrons. The van der Waals surface area contributed by atoms with Crippen molar-refractivity contribution in [1.82, 2.24) is 15.3 Å². The number of hydrogen-bond donors (Lipinski definition) is 2. The molecule has 0 aliphatic heterocycles. The third-order valence-electron chi connectivity index (χ3n) is 2.52. The fraction of sp³-hybridized carbons (Fsp3) is 0.429. The Morgan fingerprint density at radius 1 is 1.45 bits per heavy atom. The van der Waals surface area contributed by atoms with Crippen LogP contribution in [0.1, 0.15) is 26.6 Å². The number of carbonyl (C=O) groups is 1. The van der Waals surface area contributed by atoms with Gasteiger partial charge in [-0.25, -0.2) is 9.78 Å². The van der Waals surface area contributed by atoms with E-state index in [1.165, 1.54) is 0 Å². The molecule has 2 aromatic rings. The summed E-state index contributed by atoms with van der Waals surface area (Å²) >= 11 is 3.42. The van der Waals surface area contributed by atoms with E-state index in [2.05, 4.69) is 31.2 Å². The number of imidazole rings is 1. The van der Waals surface area contributed by atoms with Gasteiger partial charge < -0.3 is 15.0 Å². The topological polar surface area (TPSA) is 67.0 Å². The summed E-state index contributed by atoms with van der Waals surface area (Å²) < 4.78 is 6.17. The first-order valence-corrected chi connectivity index (χ1v) is 7.24. The summed E-state index contributed by atoms with van der Waals surface area (Å²) in [6, 6.07) is 5.87. The SMILES string of the molecule is CC(C)(C)OC(=O)NCCc1nc2ccc(Br)cc2[nH]1. The van der Waals surface area contributed by atoms with Crippen LogP contribution < -0.4 is 5.32 Å². The molecule has 2 N–H and O–H groups in total. The Kier molecular flexibility index (Phi) is 4.32. The van der Waals surface area contributed by atoms with Gasteiger partial charge in [0, 0.05) is 17.4 Å². The Bertz CT molecular complexity index is 616. The first-order valence-electron chi connectivity index (χ1n) is 6.44. The maximum atomic E-state index is 11.5. The number of rotatable bonds is 3. The van der Waals surface area contributed by atoms with Crippen LogP contribution >= 0.6 is 15.9 Å². The third kappa shape index (κ3) is 4.23. The molecule has 0 aliphatic rings. The molecular formula is C14H18BrN3O2. The van der Waals surface area contributed by atoms with Gasteiger partial charge in [0.05, 0.1) is 11.0 Å². The van der Waals surface area contributed by atoms with Crippen LogP contribution in [0.15, 0.2) is 22.7 Å². The maximum absolute atomic E-state index is 11.5. The highest BCUT2D eigenvalue weighted by Gasteiger charge is 2.15. The Labute approximate surface area is 126 Å². The molecule has 5 nitrogen and oxygen atoms in total. The number of hydrogen-bond acceptors (Lipinski definition) is 3. The van der Waals surface area contributed by atoms with Crippen LogP contribution in [0.25, 0.3) is 11.0 Å². The number of nitrogens with one attached hydrogen (secondary N) is 2. The second kappa shape index (κ2) is 5.83. The summed E-state index contributed by atoms with van der Waals surface area (Å²) in [6.07, 6.45) is 0.224. The number of alkyl carbamates (subject to hydrolysis) is 1. The second-order valence-electron chi connectivity index (χ2n) is 5.52. The van der Waals surface area contributed by atoms with Crippen molar-refractivity contribution in [2.24, 2.45) is 0 Å². The van der Waals surface area contributed by atoms with Crippen LogP contribution in [0.2, 0.25) is 0 Å². The Hall–Kier alpha value is -1.56. The average molecular weight is 340 g/mol. The quantitative estimate of drug-likeness (QED) is 0.900. The minimum atomic E-state index is -0.476.